The standard InChI is InChI=1S/C15H20N4O2/c1-10(15(20)18-8-9-21-2)19-13-6-5-12-11(14(13)16)4-3-7-17-12/h3-7,10,19H,8-9,16H2,1-2H3,(H,18,20). The third kappa shape index (κ3) is 3.61. The molecule has 1 aromatic heterocycles. The largest absolute Gasteiger partial charge is 0.397 e. The molecule has 2 aromatic rings. The van der Waals surface area contributed by atoms with Gasteiger partial charge in [-0.3, -0.25) is 9.78 Å². The van der Waals surface area contributed by atoms with Crippen LogP contribution in [0.5, 0.6) is 0 Å². The normalized spacial score (nSPS) is 12.1. The van der Waals surface area contributed by atoms with Crippen LogP contribution in [-0.4, -0.2) is 37.2 Å². The average molecular weight is 288 g/mol. The van der Waals surface area contributed by atoms with E-state index >= 15 is 0 Å². The first-order valence-corrected chi connectivity index (χ1v) is 6.80. The van der Waals surface area contributed by atoms with Gasteiger partial charge in [0.05, 0.1) is 23.5 Å². The molecule has 6 nitrogen and oxygen atoms in total. The number of nitrogens with zero attached hydrogens (tertiary/aromatic N) is 1. The number of benzene rings is 1. The van der Waals surface area contributed by atoms with Gasteiger partial charge in [-0.05, 0) is 31.2 Å². The van der Waals surface area contributed by atoms with Crippen molar-refractivity contribution in [3.8, 4) is 0 Å². The van der Waals surface area contributed by atoms with Gasteiger partial charge in [0.15, 0.2) is 0 Å². The van der Waals surface area contributed by atoms with Crippen molar-refractivity contribution in [2.24, 2.45) is 0 Å². The fraction of sp³-hybridized carbons (Fsp3) is 0.333. The summed E-state index contributed by atoms with van der Waals surface area (Å²) >= 11 is 0. The van der Waals surface area contributed by atoms with Gasteiger partial charge < -0.3 is 21.1 Å². The number of anilines is 2. The molecule has 21 heavy (non-hydrogen) atoms. The zero-order chi connectivity index (χ0) is 15.2. The predicted molar refractivity (Wildman–Crippen MR) is 84.1 cm³/mol. The molecule has 1 unspecified atom stereocenters. The highest BCUT2D eigenvalue weighted by Gasteiger charge is 2.14. The van der Waals surface area contributed by atoms with Crippen LogP contribution >= 0.6 is 0 Å². The van der Waals surface area contributed by atoms with Crippen molar-refractivity contribution in [1.82, 2.24) is 10.3 Å². The maximum atomic E-state index is 11.9. The predicted octanol–water partition coefficient (Wildman–Crippen LogP) is 1.38. The monoisotopic (exact) mass is 288 g/mol. The number of nitrogen functional groups attached to an aromatic ring is 1. The highest BCUT2D eigenvalue weighted by atomic mass is 16.5. The lowest BCUT2D eigenvalue weighted by Crippen LogP contribution is -2.39. The van der Waals surface area contributed by atoms with Crippen molar-refractivity contribution in [2.75, 3.05) is 31.3 Å². The van der Waals surface area contributed by atoms with Crippen LogP contribution in [0, 0.1) is 0 Å². The molecule has 0 spiro atoms. The number of carbonyl (C=O) groups is 1. The summed E-state index contributed by atoms with van der Waals surface area (Å²) < 4.78 is 4.90. The Balaban J connectivity index is 2.09. The quantitative estimate of drug-likeness (QED) is 0.552. The van der Waals surface area contributed by atoms with E-state index in [1.54, 1.807) is 20.2 Å². The molecule has 0 saturated carbocycles. The Bertz CT molecular complexity index is 630. The average Bonchev–Trinajstić information content (AvgIpc) is 2.50. The molecule has 0 radical (unpaired) electrons. The van der Waals surface area contributed by atoms with Gasteiger partial charge in [-0.1, -0.05) is 0 Å². The molecule has 1 heterocycles. The van der Waals surface area contributed by atoms with Crippen LogP contribution in [0.15, 0.2) is 30.5 Å². The molecule has 0 saturated heterocycles. The first-order chi connectivity index (χ1) is 10.1. The molecule has 0 bridgehead atoms. The van der Waals surface area contributed by atoms with Gasteiger partial charge in [0.25, 0.3) is 0 Å². The number of rotatable bonds is 6. The van der Waals surface area contributed by atoms with E-state index < -0.39 is 6.04 Å². The number of amides is 1. The topological polar surface area (TPSA) is 89.3 Å². The Hall–Kier alpha value is -2.34. The molecule has 6 heteroatoms. The molecular weight excluding hydrogens is 268 g/mol. The van der Waals surface area contributed by atoms with Crippen molar-refractivity contribution in [1.29, 1.82) is 0 Å². The summed E-state index contributed by atoms with van der Waals surface area (Å²) in [5.41, 5.74) is 8.29. The molecule has 4 N–H and O–H groups in total. The fourth-order valence-electron chi connectivity index (χ4n) is 2.03. The zero-order valence-electron chi connectivity index (χ0n) is 12.2. The van der Waals surface area contributed by atoms with Crippen LogP contribution in [0.2, 0.25) is 0 Å². The SMILES string of the molecule is COCCNC(=O)C(C)Nc1ccc2ncccc2c1N. The minimum absolute atomic E-state index is 0.0993. The van der Waals surface area contributed by atoms with Crippen molar-refractivity contribution >= 4 is 28.2 Å². The summed E-state index contributed by atoms with van der Waals surface area (Å²) in [6, 6.07) is 7.07. The van der Waals surface area contributed by atoms with Crippen molar-refractivity contribution in [3.63, 3.8) is 0 Å². The number of hydrogen-bond donors (Lipinski definition) is 3. The molecular formula is C15H20N4O2. The van der Waals surface area contributed by atoms with Gasteiger partial charge in [0.2, 0.25) is 5.91 Å². The lowest BCUT2D eigenvalue weighted by Gasteiger charge is -2.17. The van der Waals surface area contributed by atoms with Gasteiger partial charge in [0, 0.05) is 25.2 Å². The molecule has 1 aromatic carbocycles. The van der Waals surface area contributed by atoms with E-state index in [4.69, 9.17) is 10.5 Å². The lowest BCUT2D eigenvalue weighted by molar-refractivity contribution is -0.121. The summed E-state index contributed by atoms with van der Waals surface area (Å²) in [6.45, 7) is 2.76. The Morgan fingerprint density at radius 3 is 3.00 bits per heavy atom. The fourth-order valence-corrected chi connectivity index (χ4v) is 2.03. The summed E-state index contributed by atoms with van der Waals surface area (Å²) in [4.78, 5) is 16.2. The smallest absolute Gasteiger partial charge is 0.242 e. The van der Waals surface area contributed by atoms with E-state index in [1.807, 2.05) is 24.3 Å². The third-order valence-electron chi connectivity index (χ3n) is 3.20. The van der Waals surface area contributed by atoms with Gasteiger partial charge in [-0.15, -0.1) is 0 Å². The Labute approximate surface area is 123 Å². The van der Waals surface area contributed by atoms with E-state index in [9.17, 15) is 4.79 Å². The zero-order valence-corrected chi connectivity index (χ0v) is 12.2. The summed E-state index contributed by atoms with van der Waals surface area (Å²) in [5, 5.41) is 6.77. The van der Waals surface area contributed by atoms with Crippen LogP contribution in [0.3, 0.4) is 0 Å². The third-order valence-corrected chi connectivity index (χ3v) is 3.20. The number of nitrogens with two attached hydrogens (primary N) is 1. The van der Waals surface area contributed by atoms with E-state index in [-0.39, 0.29) is 5.91 Å². The minimum atomic E-state index is -0.390. The van der Waals surface area contributed by atoms with E-state index in [0.717, 1.165) is 16.6 Å². The van der Waals surface area contributed by atoms with Crippen molar-refractivity contribution in [3.05, 3.63) is 30.5 Å². The van der Waals surface area contributed by atoms with E-state index in [0.29, 0.717) is 18.8 Å². The number of methoxy groups -OCH3 is 1. The second kappa shape index (κ2) is 6.90. The maximum Gasteiger partial charge on any atom is 0.242 e. The number of pyridine rings is 1. The summed E-state index contributed by atoms with van der Waals surface area (Å²) in [6.07, 6.45) is 1.72. The molecule has 1 atom stereocenters. The van der Waals surface area contributed by atoms with Gasteiger partial charge in [0.1, 0.15) is 6.04 Å². The Morgan fingerprint density at radius 1 is 1.43 bits per heavy atom. The van der Waals surface area contributed by atoms with Crippen LogP contribution in [0.4, 0.5) is 11.4 Å². The van der Waals surface area contributed by atoms with Crippen molar-refractivity contribution < 1.29 is 9.53 Å². The Morgan fingerprint density at radius 2 is 2.24 bits per heavy atom. The molecule has 1 amide bonds. The molecule has 0 aliphatic rings. The minimum Gasteiger partial charge on any atom is -0.397 e. The van der Waals surface area contributed by atoms with Crippen LogP contribution < -0.4 is 16.4 Å². The first-order valence-electron chi connectivity index (χ1n) is 6.80. The number of ether oxygens (including phenoxy) is 1. The number of carbonyl (C=O) groups excluding carboxylic acids is 1. The maximum absolute atomic E-state index is 11.9. The van der Waals surface area contributed by atoms with Crippen molar-refractivity contribution in [2.45, 2.75) is 13.0 Å². The van der Waals surface area contributed by atoms with Crippen LogP contribution in [0.25, 0.3) is 10.9 Å². The van der Waals surface area contributed by atoms with Gasteiger partial charge >= 0.3 is 0 Å². The molecule has 112 valence electrons. The van der Waals surface area contributed by atoms with Crippen LogP contribution in [-0.2, 0) is 9.53 Å². The number of fused-ring (bicyclic) bond motifs is 1. The second-order valence-electron chi connectivity index (χ2n) is 4.75. The molecule has 2 rings (SSSR count). The van der Waals surface area contributed by atoms with Gasteiger partial charge in [-0.2, -0.15) is 0 Å². The number of nitrogens with one attached hydrogen (secondary N) is 2. The van der Waals surface area contributed by atoms with Crippen LogP contribution in [0.1, 0.15) is 6.92 Å². The second-order valence-corrected chi connectivity index (χ2v) is 4.75. The highest BCUT2D eigenvalue weighted by molar-refractivity contribution is 5.98. The molecule has 0 fully saturated rings. The summed E-state index contributed by atoms with van der Waals surface area (Å²) in [7, 11) is 1.59. The first kappa shape index (κ1) is 15.1. The van der Waals surface area contributed by atoms with E-state index in [1.165, 1.54) is 0 Å². The summed E-state index contributed by atoms with van der Waals surface area (Å²) in [5.74, 6) is -0.0993. The molecule has 0 aliphatic heterocycles. The highest BCUT2D eigenvalue weighted by Crippen LogP contribution is 2.27. The van der Waals surface area contributed by atoms with Gasteiger partial charge in [-0.25, -0.2) is 0 Å². The molecule has 0 aliphatic carbocycles. The number of aromatic nitrogens is 1. The number of hydrogen-bond acceptors (Lipinski definition) is 5. The Kier molecular flexibility index (Phi) is 4.94. The van der Waals surface area contributed by atoms with E-state index in [2.05, 4.69) is 15.6 Å². The lowest BCUT2D eigenvalue weighted by atomic mass is 10.1.